The van der Waals surface area contributed by atoms with Crippen LogP contribution in [0.5, 0.6) is 0 Å². The SMILES string of the molecule is COC(=O)C1=C(C)N(CCCC(=O)O)C(=O)N[C@@H]1c1ccc(Cl)cc1Cl. The van der Waals surface area contributed by atoms with Crippen molar-refractivity contribution in [1.82, 2.24) is 10.2 Å². The number of carbonyl (C=O) groups excluding carboxylic acids is 2. The molecule has 0 aliphatic carbocycles. The molecule has 1 aromatic rings. The second-order valence-corrected chi connectivity index (χ2v) is 6.53. The molecule has 140 valence electrons. The highest BCUT2D eigenvalue weighted by Gasteiger charge is 2.36. The summed E-state index contributed by atoms with van der Waals surface area (Å²) in [5, 5.41) is 12.2. The Labute approximate surface area is 160 Å². The van der Waals surface area contributed by atoms with Gasteiger partial charge in [-0.1, -0.05) is 29.3 Å². The molecular weight excluding hydrogens is 383 g/mol. The number of aliphatic carboxylic acids is 1. The molecule has 9 heteroatoms. The Bertz CT molecular complexity index is 778. The van der Waals surface area contributed by atoms with Crippen LogP contribution < -0.4 is 5.32 Å². The van der Waals surface area contributed by atoms with Crippen molar-refractivity contribution >= 4 is 41.2 Å². The average Bonchev–Trinajstić information content (AvgIpc) is 2.56. The Kier molecular flexibility index (Phi) is 6.50. The zero-order valence-electron chi connectivity index (χ0n) is 14.2. The minimum Gasteiger partial charge on any atom is -0.481 e. The largest absolute Gasteiger partial charge is 0.481 e. The number of methoxy groups -OCH3 is 1. The maximum absolute atomic E-state index is 12.5. The highest BCUT2D eigenvalue weighted by Crippen LogP contribution is 2.35. The van der Waals surface area contributed by atoms with Gasteiger partial charge in [-0.15, -0.1) is 0 Å². The fourth-order valence-corrected chi connectivity index (χ4v) is 3.30. The fraction of sp³-hybridized carbons (Fsp3) is 0.353. The van der Waals surface area contributed by atoms with Gasteiger partial charge in [-0.05, 0) is 31.0 Å². The molecule has 1 aliphatic rings. The molecule has 0 unspecified atom stereocenters. The third kappa shape index (κ3) is 4.28. The summed E-state index contributed by atoms with van der Waals surface area (Å²) in [7, 11) is 1.24. The van der Waals surface area contributed by atoms with E-state index in [0.29, 0.717) is 21.3 Å². The number of esters is 1. The van der Waals surface area contributed by atoms with E-state index >= 15 is 0 Å². The number of halogens is 2. The number of nitrogens with one attached hydrogen (secondary N) is 1. The van der Waals surface area contributed by atoms with Crippen molar-refractivity contribution in [2.24, 2.45) is 0 Å². The highest BCUT2D eigenvalue weighted by molar-refractivity contribution is 6.35. The summed E-state index contributed by atoms with van der Waals surface area (Å²) in [6.45, 7) is 1.77. The number of allylic oxidation sites excluding steroid dienone is 1. The number of urea groups is 1. The number of nitrogens with zero attached hydrogens (tertiary/aromatic N) is 1. The standard InChI is InChI=1S/C17H18Cl2N2O5/c1-9-14(16(24)26-2)15(11-6-5-10(18)8-12(11)19)20-17(25)21(9)7-3-4-13(22)23/h5-6,8,15H,3-4,7H2,1-2H3,(H,20,25)(H,22,23)/t15-/m1/s1. The summed E-state index contributed by atoms with van der Waals surface area (Å²) >= 11 is 12.2. The topological polar surface area (TPSA) is 95.9 Å². The molecule has 0 radical (unpaired) electrons. The molecular formula is C17H18Cl2N2O5. The molecule has 1 heterocycles. The third-order valence-electron chi connectivity index (χ3n) is 4.05. The summed E-state index contributed by atoms with van der Waals surface area (Å²) in [6, 6.07) is 3.52. The van der Waals surface area contributed by atoms with Gasteiger partial charge < -0.3 is 15.2 Å². The maximum Gasteiger partial charge on any atom is 0.337 e. The van der Waals surface area contributed by atoms with Crippen LogP contribution in [0.4, 0.5) is 4.79 Å². The monoisotopic (exact) mass is 400 g/mol. The van der Waals surface area contributed by atoms with Gasteiger partial charge in [0, 0.05) is 28.7 Å². The van der Waals surface area contributed by atoms with Gasteiger partial charge in [0.2, 0.25) is 0 Å². The number of ether oxygens (including phenoxy) is 1. The van der Waals surface area contributed by atoms with Gasteiger partial charge >= 0.3 is 18.0 Å². The number of amides is 2. The molecule has 26 heavy (non-hydrogen) atoms. The predicted octanol–water partition coefficient (Wildman–Crippen LogP) is 3.37. The molecule has 0 bridgehead atoms. The Balaban J connectivity index is 2.43. The molecule has 0 fully saturated rings. The van der Waals surface area contributed by atoms with E-state index in [1.807, 2.05) is 0 Å². The lowest BCUT2D eigenvalue weighted by atomic mass is 9.94. The van der Waals surface area contributed by atoms with E-state index in [-0.39, 0.29) is 25.0 Å². The quantitative estimate of drug-likeness (QED) is 0.713. The molecule has 2 N–H and O–H groups in total. The van der Waals surface area contributed by atoms with Gasteiger partial charge in [0.15, 0.2) is 0 Å². The lowest BCUT2D eigenvalue weighted by Gasteiger charge is -2.35. The van der Waals surface area contributed by atoms with Crippen molar-refractivity contribution in [3.05, 3.63) is 45.1 Å². The molecule has 0 saturated carbocycles. The van der Waals surface area contributed by atoms with E-state index in [0.717, 1.165) is 0 Å². The fourth-order valence-electron chi connectivity index (χ4n) is 2.78. The van der Waals surface area contributed by atoms with Crippen LogP contribution in [0.15, 0.2) is 29.5 Å². The minimum absolute atomic E-state index is 0.0863. The van der Waals surface area contributed by atoms with Crippen LogP contribution in [-0.2, 0) is 14.3 Å². The number of carbonyl (C=O) groups is 3. The third-order valence-corrected chi connectivity index (χ3v) is 4.61. The minimum atomic E-state index is -0.955. The van der Waals surface area contributed by atoms with Gasteiger partial charge in [0.05, 0.1) is 18.7 Å². The van der Waals surface area contributed by atoms with Gasteiger partial charge in [0.1, 0.15) is 0 Å². The van der Waals surface area contributed by atoms with E-state index in [1.54, 1.807) is 19.1 Å². The van der Waals surface area contributed by atoms with Crippen molar-refractivity contribution < 1.29 is 24.2 Å². The van der Waals surface area contributed by atoms with Crippen molar-refractivity contribution in [1.29, 1.82) is 0 Å². The summed E-state index contributed by atoms with van der Waals surface area (Å²) < 4.78 is 4.86. The molecule has 2 rings (SSSR count). The van der Waals surface area contributed by atoms with E-state index in [9.17, 15) is 14.4 Å². The first-order valence-corrected chi connectivity index (χ1v) is 8.55. The molecule has 1 aromatic carbocycles. The smallest absolute Gasteiger partial charge is 0.337 e. The molecule has 0 spiro atoms. The summed E-state index contributed by atoms with van der Waals surface area (Å²) in [5.74, 6) is -1.56. The second-order valence-electron chi connectivity index (χ2n) is 5.69. The van der Waals surface area contributed by atoms with Crippen LogP contribution in [0.25, 0.3) is 0 Å². The first-order chi connectivity index (χ1) is 12.3. The zero-order chi connectivity index (χ0) is 19.4. The zero-order valence-corrected chi connectivity index (χ0v) is 15.7. The van der Waals surface area contributed by atoms with E-state index in [2.05, 4.69) is 5.32 Å². The van der Waals surface area contributed by atoms with Gasteiger partial charge in [-0.25, -0.2) is 9.59 Å². The number of hydrogen-bond donors (Lipinski definition) is 2. The molecule has 1 atom stereocenters. The Morgan fingerprint density at radius 3 is 2.62 bits per heavy atom. The summed E-state index contributed by atoms with van der Waals surface area (Å²) in [6.07, 6.45) is 0.165. The van der Waals surface area contributed by atoms with E-state index in [1.165, 1.54) is 18.1 Å². The predicted molar refractivity (Wildman–Crippen MR) is 96.0 cm³/mol. The van der Waals surface area contributed by atoms with Crippen molar-refractivity contribution in [3.8, 4) is 0 Å². The lowest BCUT2D eigenvalue weighted by Crippen LogP contribution is -2.48. The first-order valence-electron chi connectivity index (χ1n) is 7.80. The molecule has 0 saturated heterocycles. The average molecular weight is 401 g/mol. The van der Waals surface area contributed by atoms with E-state index in [4.69, 9.17) is 33.0 Å². The van der Waals surface area contributed by atoms with Crippen molar-refractivity contribution in [2.75, 3.05) is 13.7 Å². The normalized spacial score (nSPS) is 17.2. The van der Waals surface area contributed by atoms with Crippen LogP contribution in [-0.4, -0.2) is 41.6 Å². The number of benzene rings is 1. The summed E-state index contributed by atoms with van der Waals surface area (Å²) in [4.78, 5) is 36.9. The number of carboxylic acid groups (broad SMARTS) is 1. The maximum atomic E-state index is 12.5. The number of carboxylic acids is 1. The van der Waals surface area contributed by atoms with Crippen LogP contribution in [0.3, 0.4) is 0 Å². The van der Waals surface area contributed by atoms with Gasteiger partial charge in [-0.2, -0.15) is 0 Å². The van der Waals surface area contributed by atoms with Crippen LogP contribution >= 0.6 is 23.2 Å². The van der Waals surface area contributed by atoms with Crippen LogP contribution in [0, 0.1) is 0 Å². The number of rotatable bonds is 6. The van der Waals surface area contributed by atoms with Gasteiger partial charge in [-0.3, -0.25) is 9.69 Å². The Morgan fingerprint density at radius 2 is 2.04 bits per heavy atom. The lowest BCUT2D eigenvalue weighted by molar-refractivity contribution is -0.138. The molecule has 7 nitrogen and oxygen atoms in total. The summed E-state index contributed by atoms with van der Waals surface area (Å²) in [5.41, 5.74) is 1.13. The van der Waals surface area contributed by atoms with Crippen LogP contribution in [0.2, 0.25) is 10.0 Å². The Morgan fingerprint density at radius 1 is 1.35 bits per heavy atom. The van der Waals surface area contributed by atoms with Crippen molar-refractivity contribution in [3.63, 3.8) is 0 Å². The van der Waals surface area contributed by atoms with Crippen molar-refractivity contribution in [2.45, 2.75) is 25.8 Å². The number of hydrogen-bond acceptors (Lipinski definition) is 4. The van der Waals surface area contributed by atoms with E-state index < -0.39 is 24.0 Å². The molecule has 0 aromatic heterocycles. The molecule has 1 aliphatic heterocycles. The van der Waals surface area contributed by atoms with Gasteiger partial charge in [0.25, 0.3) is 0 Å². The Hall–Kier alpha value is -2.25. The first kappa shape index (κ1) is 20.1. The molecule has 2 amide bonds. The van der Waals surface area contributed by atoms with Crippen LogP contribution in [0.1, 0.15) is 31.4 Å². The highest BCUT2D eigenvalue weighted by atomic mass is 35.5. The second kappa shape index (κ2) is 8.42.